The Morgan fingerprint density at radius 2 is 2.00 bits per heavy atom. The summed E-state index contributed by atoms with van der Waals surface area (Å²) in [6, 6.07) is 7.85. The van der Waals surface area contributed by atoms with E-state index in [1.54, 1.807) is 0 Å². The molecule has 0 amide bonds. The van der Waals surface area contributed by atoms with E-state index < -0.39 is 0 Å². The molecule has 0 unspecified atom stereocenters. The number of hydrogen-bond acceptors (Lipinski definition) is 4. The quantitative estimate of drug-likeness (QED) is 0.608. The summed E-state index contributed by atoms with van der Waals surface area (Å²) in [4.78, 5) is 8.90. The van der Waals surface area contributed by atoms with Crippen LogP contribution in [-0.4, -0.2) is 29.2 Å². The van der Waals surface area contributed by atoms with Crippen molar-refractivity contribution in [3.63, 3.8) is 0 Å². The Kier molecular flexibility index (Phi) is 6.82. The summed E-state index contributed by atoms with van der Waals surface area (Å²) in [7, 11) is 0. The molecule has 0 bridgehead atoms. The molecule has 136 valence electrons. The Morgan fingerprint density at radius 1 is 1.24 bits per heavy atom. The van der Waals surface area contributed by atoms with Gasteiger partial charge < -0.3 is 15.2 Å². The highest BCUT2D eigenvalue weighted by Crippen LogP contribution is 2.19. The van der Waals surface area contributed by atoms with Crippen LogP contribution in [0.2, 0.25) is 5.02 Å². The monoisotopic (exact) mass is 363 g/mol. The smallest absolute Gasteiger partial charge is 0.232 e. The van der Waals surface area contributed by atoms with Crippen molar-refractivity contribution in [1.82, 2.24) is 20.8 Å². The lowest BCUT2D eigenvalue weighted by molar-refractivity contribution is 0.318. The first-order valence-corrected chi connectivity index (χ1v) is 8.86. The van der Waals surface area contributed by atoms with E-state index in [1.807, 2.05) is 52.0 Å². The molecule has 0 radical (unpaired) electrons. The summed E-state index contributed by atoms with van der Waals surface area (Å²) in [5.41, 5.74) is 0.952. The Balaban J connectivity index is 1.92. The molecule has 0 saturated carbocycles. The number of aliphatic imine (C=N–C) groups is 1. The molecule has 1 aromatic heterocycles. The second-order valence-electron chi connectivity index (χ2n) is 6.73. The van der Waals surface area contributed by atoms with Gasteiger partial charge in [-0.1, -0.05) is 55.7 Å². The highest BCUT2D eigenvalue weighted by molar-refractivity contribution is 6.31. The fourth-order valence-electron chi connectivity index (χ4n) is 2.13. The second-order valence-corrected chi connectivity index (χ2v) is 7.14. The van der Waals surface area contributed by atoms with Crippen LogP contribution in [0.4, 0.5) is 0 Å². The number of nitrogens with zero attached hydrogens (tertiary/aromatic N) is 3. The van der Waals surface area contributed by atoms with Crippen LogP contribution in [0.1, 0.15) is 45.0 Å². The normalized spacial score (nSPS) is 12.3. The Hall–Kier alpha value is -2.08. The second kappa shape index (κ2) is 8.85. The SMILES string of the molecule is CCNC(=NCc1noc(C(C)(C)C)n1)NCCc1ccccc1Cl. The molecule has 7 heteroatoms. The van der Waals surface area contributed by atoms with Gasteiger partial charge in [-0.15, -0.1) is 0 Å². The standard InChI is InChI=1S/C18H26ClN5O/c1-5-20-17(21-11-10-13-8-6-7-9-14(13)19)22-12-15-23-16(25-24-15)18(2,3)4/h6-9H,5,10-12H2,1-4H3,(H2,20,21,22). The Morgan fingerprint density at radius 3 is 2.64 bits per heavy atom. The zero-order chi connectivity index (χ0) is 18.3. The van der Waals surface area contributed by atoms with Gasteiger partial charge in [0.25, 0.3) is 0 Å². The van der Waals surface area contributed by atoms with Crippen molar-refractivity contribution in [2.45, 2.75) is 46.1 Å². The maximum atomic E-state index is 6.18. The molecule has 25 heavy (non-hydrogen) atoms. The molecule has 2 rings (SSSR count). The van der Waals surface area contributed by atoms with E-state index in [9.17, 15) is 0 Å². The highest BCUT2D eigenvalue weighted by atomic mass is 35.5. The van der Waals surface area contributed by atoms with E-state index in [1.165, 1.54) is 0 Å². The first-order valence-electron chi connectivity index (χ1n) is 8.49. The molecule has 1 heterocycles. The number of guanidine groups is 1. The van der Waals surface area contributed by atoms with E-state index in [0.717, 1.165) is 36.1 Å². The summed E-state index contributed by atoms with van der Waals surface area (Å²) >= 11 is 6.18. The van der Waals surface area contributed by atoms with Crippen LogP contribution in [0, 0.1) is 0 Å². The average Bonchev–Trinajstić information content (AvgIpc) is 3.03. The van der Waals surface area contributed by atoms with Crippen molar-refractivity contribution in [2.24, 2.45) is 4.99 Å². The lowest BCUT2D eigenvalue weighted by Gasteiger charge is -2.11. The molecule has 0 spiro atoms. The van der Waals surface area contributed by atoms with Crippen molar-refractivity contribution in [1.29, 1.82) is 0 Å². The fourth-order valence-corrected chi connectivity index (χ4v) is 2.36. The molecule has 2 N–H and O–H groups in total. The zero-order valence-corrected chi connectivity index (χ0v) is 16.0. The van der Waals surface area contributed by atoms with Gasteiger partial charge in [-0.2, -0.15) is 4.98 Å². The zero-order valence-electron chi connectivity index (χ0n) is 15.3. The van der Waals surface area contributed by atoms with Crippen molar-refractivity contribution < 1.29 is 4.52 Å². The van der Waals surface area contributed by atoms with Crippen LogP contribution >= 0.6 is 11.6 Å². The minimum absolute atomic E-state index is 0.160. The lowest BCUT2D eigenvalue weighted by Crippen LogP contribution is -2.38. The minimum atomic E-state index is -0.160. The summed E-state index contributed by atoms with van der Waals surface area (Å²) in [5, 5.41) is 11.3. The van der Waals surface area contributed by atoms with Crippen LogP contribution in [-0.2, 0) is 18.4 Å². The molecule has 1 aromatic carbocycles. The van der Waals surface area contributed by atoms with Crippen LogP contribution in [0.15, 0.2) is 33.8 Å². The number of rotatable bonds is 6. The molecule has 0 fully saturated rings. The van der Waals surface area contributed by atoms with Crippen molar-refractivity contribution >= 4 is 17.6 Å². The third kappa shape index (κ3) is 6.05. The molecule has 0 aliphatic carbocycles. The van der Waals surface area contributed by atoms with E-state index in [0.29, 0.717) is 18.3 Å². The van der Waals surface area contributed by atoms with Crippen LogP contribution < -0.4 is 10.6 Å². The molecule has 0 aliphatic heterocycles. The van der Waals surface area contributed by atoms with Gasteiger partial charge in [0.15, 0.2) is 11.8 Å². The number of benzene rings is 1. The maximum Gasteiger partial charge on any atom is 0.232 e. The number of aromatic nitrogens is 2. The van der Waals surface area contributed by atoms with E-state index in [4.69, 9.17) is 16.1 Å². The van der Waals surface area contributed by atoms with Gasteiger partial charge in [0.2, 0.25) is 5.89 Å². The van der Waals surface area contributed by atoms with Gasteiger partial charge >= 0.3 is 0 Å². The number of hydrogen-bond donors (Lipinski definition) is 2. The summed E-state index contributed by atoms with van der Waals surface area (Å²) in [5.74, 6) is 1.92. The van der Waals surface area contributed by atoms with E-state index >= 15 is 0 Å². The van der Waals surface area contributed by atoms with E-state index in [2.05, 4.69) is 25.8 Å². The van der Waals surface area contributed by atoms with Crippen molar-refractivity contribution in [3.05, 3.63) is 46.6 Å². The Bertz CT molecular complexity index is 705. The molecule has 6 nitrogen and oxygen atoms in total. The first kappa shape index (κ1) is 19.2. The molecule has 2 aromatic rings. The molecular formula is C18H26ClN5O. The summed E-state index contributed by atoms with van der Waals surface area (Å²) < 4.78 is 5.29. The molecule has 0 aliphatic rings. The topological polar surface area (TPSA) is 75.3 Å². The van der Waals surface area contributed by atoms with Crippen LogP contribution in [0.25, 0.3) is 0 Å². The molecule has 0 atom stereocenters. The maximum absolute atomic E-state index is 6.18. The fraction of sp³-hybridized carbons (Fsp3) is 0.500. The predicted molar refractivity (Wildman–Crippen MR) is 101 cm³/mol. The van der Waals surface area contributed by atoms with Gasteiger partial charge in [-0.3, -0.25) is 0 Å². The third-order valence-corrected chi connectivity index (χ3v) is 3.85. The van der Waals surface area contributed by atoms with Gasteiger partial charge in [0, 0.05) is 23.5 Å². The predicted octanol–water partition coefficient (Wildman–Crippen LogP) is 3.32. The lowest BCUT2D eigenvalue weighted by atomic mass is 9.97. The average molecular weight is 364 g/mol. The first-order chi connectivity index (χ1) is 11.9. The molecular weight excluding hydrogens is 338 g/mol. The van der Waals surface area contributed by atoms with E-state index in [-0.39, 0.29) is 5.41 Å². The summed E-state index contributed by atoms with van der Waals surface area (Å²) in [6.45, 7) is 10.0. The highest BCUT2D eigenvalue weighted by Gasteiger charge is 2.21. The Labute approximate surface area is 154 Å². The summed E-state index contributed by atoms with van der Waals surface area (Å²) in [6.07, 6.45) is 0.820. The van der Waals surface area contributed by atoms with Gasteiger partial charge in [0.1, 0.15) is 6.54 Å². The van der Waals surface area contributed by atoms with Gasteiger partial charge in [-0.25, -0.2) is 4.99 Å². The van der Waals surface area contributed by atoms with Crippen molar-refractivity contribution in [2.75, 3.05) is 13.1 Å². The number of nitrogens with one attached hydrogen (secondary N) is 2. The third-order valence-electron chi connectivity index (χ3n) is 3.48. The number of halogens is 1. The van der Waals surface area contributed by atoms with Crippen molar-refractivity contribution in [3.8, 4) is 0 Å². The largest absolute Gasteiger partial charge is 0.357 e. The van der Waals surface area contributed by atoms with Crippen LogP contribution in [0.5, 0.6) is 0 Å². The molecule has 0 saturated heterocycles. The minimum Gasteiger partial charge on any atom is -0.357 e. The van der Waals surface area contributed by atoms with Gasteiger partial charge in [0.05, 0.1) is 0 Å². The van der Waals surface area contributed by atoms with Gasteiger partial charge in [-0.05, 0) is 25.0 Å². The van der Waals surface area contributed by atoms with Crippen LogP contribution in [0.3, 0.4) is 0 Å².